The Balaban J connectivity index is 0.000000155. The second-order valence-corrected chi connectivity index (χ2v) is 15.3. The Bertz CT molecular complexity index is 2090. The first-order chi connectivity index (χ1) is 25.0. The quantitative estimate of drug-likeness (QED) is 0.202. The van der Waals surface area contributed by atoms with Crippen LogP contribution in [0.2, 0.25) is 5.28 Å². The lowest BCUT2D eigenvalue weighted by Crippen LogP contribution is -2.44. The zero-order valence-electron chi connectivity index (χ0n) is 29.3. The number of piperazine rings is 1. The van der Waals surface area contributed by atoms with Crippen LogP contribution in [0.3, 0.4) is 0 Å². The third-order valence-electron chi connectivity index (χ3n) is 11.6. The van der Waals surface area contributed by atoms with Crippen molar-refractivity contribution in [1.82, 2.24) is 39.0 Å². The van der Waals surface area contributed by atoms with E-state index >= 15 is 0 Å². The second-order valence-electron chi connectivity index (χ2n) is 14.9. The Morgan fingerprint density at radius 3 is 1.84 bits per heavy atom. The van der Waals surface area contributed by atoms with Crippen molar-refractivity contribution < 1.29 is 0 Å². The van der Waals surface area contributed by atoms with Gasteiger partial charge in [-0.3, -0.25) is 9.98 Å². The minimum absolute atomic E-state index is 0.0191. The van der Waals surface area contributed by atoms with Gasteiger partial charge in [-0.05, 0) is 68.6 Å². The van der Waals surface area contributed by atoms with Crippen LogP contribution in [0.5, 0.6) is 0 Å². The molecule has 12 nitrogen and oxygen atoms in total. The fraction of sp³-hybridized carbons (Fsp3) is 0.500. The number of nitrogens with zero attached hydrogens (tertiary/aromatic N) is 11. The number of hydrogen-bond donors (Lipinski definition) is 1. The van der Waals surface area contributed by atoms with Crippen LogP contribution in [-0.4, -0.2) is 84.6 Å². The van der Waals surface area contributed by atoms with Crippen molar-refractivity contribution in [3.8, 4) is 0 Å². The molecule has 5 aromatic rings. The van der Waals surface area contributed by atoms with Crippen molar-refractivity contribution in [2.24, 2.45) is 9.98 Å². The fourth-order valence-corrected chi connectivity index (χ4v) is 9.07. The van der Waals surface area contributed by atoms with Crippen molar-refractivity contribution in [3.63, 3.8) is 0 Å². The molecule has 5 aromatic heterocycles. The SMILES string of the molecule is CN1CCN(c2ccc(Nc3ncc4cc5n(c4n3)C3(C=NC5)CCCCC3)nc2)CC1.Clc1ncc2cc3n(c2n1)C1(C=NC3)CCCCC1. The molecule has 1 saturated heterocycles. The Morgan fingerprint density at radius 2 is 1.25 bits per heavy atom. The molecule has 0 bridgehead atoms. The number of halogens is 1. The topological polar surface area (TPSA) is 118 Å². The van der Waals surface area contributed by atoms with Crippen LogP contribution in [0.15, 0.2) is 52.8 Å². The van der Waals surface area contributed by atoms with Crippen molar-refractivity contribution in [2.45, 2.75) is 88.4 Å². The van der Waals surface area contributed by atoms with E-state index in [9.17, 15) is 0 Å². The molecule has 2 aliphatic carbocycles. The molecule has 8 heterocycles. The highest BCUT2D eigenvalue weighted by atomic mass is 35.5. The monoisotopic (exact) mass is 704 g/mol. The first-order valence-electron chi connectivity index (χ1n) is 18.6. The highest BCUT2D eigenvalue weighted by molar-refractivity contribution is 6.28. The van der Waals surface area contributed by atoms with Crippen LogP contribution in [-0.2, 0) is 24.2 Å². The van der Waals surface area contributed by atoms with Gasteiger partial charge in [0.25, 0.3) is 0 Å². The van der Waals surface area contributed by atoms with E-state index in [4.69, 9.17) is 21.6 Å². The first-order valence-corrected chi connectivity index (χ1v) is 19.0. The molecule has 0 amide bonds. The van der Waals surface area contributed by atoms with E-state index in [2.05, 4.69) is 86.9 Å². The summed E-state index contributed by atoms with van der Waals surface area (Å²) >= 11 is 5.98. The summed E-state index contributed by atoms with van der Waals surface area (Å²) in [5.41, 5.74) is 5.59. The maximum Gasteiger partial charge on any atom is 0.230 e. The minimum Gasteiger partial charge on any atom is -0.368 e. The van der Waals surface area contributed by atoms with E-state index in [-0.39, 0.29) is 11.1 Å². The molecular formula is C38H45ClN12. The van der Waals surface area contributed by atoms with Crippen LogP contribution in [0.25, 0.3) is 22.1 Å². The molecule has 264 valence electrons. The Hall–Kier alpha value is -4.42. The minimum atomic E-state index is -0.0262. The van der Waals surface area contributed by atoms with Gasteiger partial charge in [0.2, 0.25) is 11.2 Å². The smallest absolute Gasteiger partial charge is 0.230 e. The number of aromatic nitrogens is 7. The number of rotatable bonds is 3. The number of aliphatic imine (C=N–C) groups is 2. The van der Waals surface area contributed by atoms with Gasteiger partial charge in [0, 0.05) is 73.2 Å². The molecule has 2 saturated carbocycles. The molecule has 0 unspecified atom stereocenters. The summed E-state index contributed by atoms with van der Waals surface area (Å²) in [4.78, 5) is 36.7. The van der Waals surface area contributed by atoms with Gasteiger partial charge >= 0.3 is 0 Å². The zero-order chi connectivity index (χ0) is 34.4. The van der Waals surface area contributed by atoms with E-state index in [1.807, 2.05) is 24.7 Å². The van der Waals surface area contributed by atoms with Crippen LogP contribution in [0.1, 0.15) is 75.6 Å². The first kappa shape index (κ1) is 32.5. The van der Waals surface area contributed by atoms with Crippen molar-refractivity contribution in [1.29, 1.82) is 0 Å². The van der Waals surface area contributed by atoms with Crippen LogP contribution in [0, 0.1) is 0 Å². The molecule has 51 heavy (non-hydrogen) atoms. The summed E-state index contributed by atoms with van der Waals surface area (Å²) in [6.07, 6.45) is 22.2. The summed E-state index contributed by atoms with van der Waals surface area (Å²) in [5.74, 6) is 1.35. The van der Waals surface area contributed by atoms with Gasteiger partial charge in [-0.2, -0.15) is 9.97 Å². The number of pyridine rings is 1. The van der Waals surface area contributed by atoms with Crippen molar-refractivity contribution >= 4 is 63.6 Å². The molecule has 3 fully saturated rings. The number of nitrogens with one attached hydrogen (secondary N) is 1. The fourth-order valence-electron chi connectivity index (χ4n) is 8.95. The molecule has 1 N–H and O–H groups in total. The normalized spacial score (nSPS) is 20.7. The van der Waals surface area contributed by atoms with E-state index in [0.29, 0.717) is 11.2 Å². The zero-order valence-corrected chi connectivity index (χ0v) is 30.1. The van der Waals surface area contributed by atoms with Crippen molar-refractivity contribution in [2.75, 3.05) is 43.4 Å². The molecule has 13 heteroatoms. The average molecular weight is 705 g/mol. The second kappa shape index (κ2) is 13.3. The van der Waals surface area contributed by atoms with Gasteiger partial charge < -0.3 is 24.3 Å². The maximum atomic E-state index is 5.98. The summed E-state index contributed by atoms with van der Waals surface area (Å²) in [5, 5.41) is 5.78. The Labute approximate surface area is 303 Å². The molecule has 0 atom stereocenters. The number of anilines is 3. The maximum absolute atomic E-state index is 5.98. The summed E-state index contributed by atoms with van der Waals surface area (Å²) in [7, 11) is 2.17. The predicted octanol–water partition coefficient (Wildman–Crippen LogP) is 6.89. The highest BCUT2D eigenvalue weighted by Crippen LogP contribution is 2.41. The standard InChI is InChI=1S/C24H30N8.C14H15ClN4/c1-30-9-11-31(12-10-30)19-5-6-21(26-16-19)28-23-27-14-18-13-20-15-25-17-24(7-3-2-4-8-24)32(20)22(18)29-23;15-13-17-7-10-6-11-8-16-9-14(4-2-1-3-5-14)19(11)12(10)18-13/h5-6,13-14,16-17H,2-4,7-12,15H2,1H3,(H,26,27,28,29);6-7,9H,1-5,8H2. The van der Waals surface area contributed by atoms with Gasteiger partial charge in [-0.25, -0.2) is 15.0 Å². The number of hydrogen-bond acceptors (Lipinski definition) is 10. The lowest BCUT2D eigenvalue weighted by atomic mass is 9.81. The summed E-state index contributed by atoms with van der Waals surface area (Å²) in [6, 6.07) is 8.50. The third-order valence-corrected chi connectivity index (χ3v) is 11.7. The van der Waals surface area contributed by atoms with E-state index in [1.165, 1.54) is 55.6 Å². The Morgan fingerprint density at radius 1 is 0.667 bits per heavy atom. The molecule has 10 rings (SSSR count). The lowest BCUT2D eigenvalue weighted by Gasteiger charge is -2.39. The number of likely N-dealkylation sites (N-methyl/N-ethyl adjacent to an activating group) is 1. The van der Waals surface area contributed by atoms with E-state index in [0.717, 1.165) is 92.8 Å². The molecular weight excluding hydrogens is 660 g/mol. The average Bonchev–Trinajstić information content (AvgIpc) is 3.73. The number of fused-ring (bicyclic) bond motifs is 8. The highest BCUT2D eigenvalue weighted by Gasteiger charge is 2.38. The Kier molecular flexibility index (Phi) is 8.46. The molecule has 5 aliphatic rings. The van der Waals surface area contributed by atoms with Crippen LogP contribution < -0.4 is 10.2 Å². The molecule has 2 spiro atoms. The van der Waals surface area contributed by atoms with Gasteiger partial charge in [-0.15, -0.1) is 0 Å². The predicted molar refractivity (Wildman–Crippen MR) is 204 cm³/mol. The van der Waals surface area contributed by atoms with Gasteiger partial charge in [0.15, 0.2) is 0 Å². The molecule has 0 radical (unpaired) electrons. The van der Waals surface area contributed by atoms with E-state index < -0.39 is 0 Å². The van der Waals surface area contributed by atoms with Gasteiger partial charge in [0.1, 0.15) is 17.1 Å². The largest absolute Gasteiger partial charge is 0.368 e. The van der Waals surface area contributed by atoms with E-state index in [1.54, 1.807) is 0 Å². The molecule has 0 aromatic carbocycles. The van der Waals surface area contributed by atoms with Crippen LogP contribution in [0.4, 0.5) is 17.5 Å². The van der Waals surface area contributed by atoms with Gasteiger partial charge in [0.05, 0.1) is 36.1 Å². The van der Waals surface area contributed by atoms with Gasteiger partial charge in [-0.1, -0.05) is 38.5 Å². The molecule has 3 aliphatic heterocycles. The third kappa shape index (κ3) is 6.05. The summed E-state index contributed by atoms with van der Waals surface area (Å²) < 4.78 is 4.80. The van der Waals surface area contributed by atoms with Crippen molar-refractivity contribution in [3.05, 3.63) is 59.5 Å². The summed E-state index contributed by atoms with van der Waals surface area (Å²) in [6.45, 7) is 5.69. The van der Waals surface area contributed by atoms with Crippen LogP contribution >= 0.6 is 11.6 Å². The lowest BCUT2D eigenvalue weighted by molar-refractivity contribution is 0.282.